The lowest BCUT2D eigenvalue weighted by molar-refractivity contribution is 0.0398. The van der Waals surface area contributed by atoms with Crippen molar-refractivity contribution in [2.75, 3.05) is 110 Å². The molecule has 2 aromatic carbocycles. The van der Waals surface area contributed by atoms with Crippen LogP contribution in [0, 0.1) is 0 Å². The van der Waals surface area contributed by atoms with Gasteiger partial charge in [0.05, 0.1) is 60.7 Å². The maximum Gasteiger partial charge on any atom is 0.341 e. The molecule has 1 amide bonds. The Hall–Kier alpha value is -6.50. The summed E-state index contributed by atoms with van der Waals surface area (Å²) < 4.78 is 20.0. The number of anilines is 2. The van der Waals surface area contributed by atoms with Crippen LogP contribution < -0.4 is 21.7 Å². The number of benzene rings is 2. The molecule has 0 bridgehead atoms. The number of amides is 1. The predicted octanol–water partition coefficient (Wildman–Crippen LogP) is 4.67. The highest BCUT2D eigenvalue weighted by atomic mass is 16.5. The van der Waals surface area contributed by atoms with Gasteiger partial charge in [0.1, 0.15) is 28.5 Å². The molecule has 8 aromatic rings. The van der Waals surface area contributed by atoms with E-state index in [1.54, 1.807) is 14.0 Å². The number of nitrogens with one attached hydrogen (secondary N) is 3. The first kappa shape index (κ1) is 43.2. The van der Waals surface area contributed by atoms with Crippen molar-refractivity contribution in [2.45, 2.75) is 6.92 Å². The van der Waals surface area contributed by atoms with Crippen LogP contribution in [0.25, 0.3) is 55.4 Å². The number of morpholine rings is 2. The zero-order valence-corrected chi connectivity index (χ0v) is 36.0. The van der Waals surface area contributed by atoms with Crippen LogP contribution in [-0.2, 0) is 14.2 Å². The van der Waals surface area contributed by atoms with Crippen LogP contribution in [0.1, 0.15) is 27.6 Å². The van der Waals surface area contributed by atoms with E-state index in [1.165, 1.54) is 7.05 Å². The van der Waals surface area contributed by atoms with E-state index < -0.39 is 0 Å². The Kier molecular flexibility index (Phi) is 13.8. The van der Waals surface area contributed by atoms with Gasteiger partial charge in [-0.25, -0.2) is 24.7 Å². The summed E-state index contributed by atoms with van der Waals surface area (Å²) in [4.78, 5) is 49.0. The fourth-order valence-corrected chi connectivity index (χ4v) is 7.98. The second-order valence-electron chi connectivity index (χ2n) is 14.9. The number of nitrogens with two attached hydrogens (primary N) is 1. The molecule has 0 saturated carbocycles. The lowest BCUT2D eigenvalue weighted by Crippen LogP contribution is -2.39. The fraction of sp³-hybridized carbons (Fsp3) is 0.348. The third-order valence-corrected chi connectivity index (χ3v) is 11.1. The molecule has 0 aliphatic carbocycles. The summed E-state index contributed by atoms with van der Waals surface area (Å²) in [6.45, 7) is 12.7. The van der Waals surface area contributed by atoms with Gasteiger partial charge in [0.2, 0.25) is 0 Å². The number of para-hydroxylation sites is 4. The molecule has 0 unspecified atom stereocenters. The van der Waals surface area contributed by atoms with Gasteiger partial charge in [-0.2, -0.15) is 0 Å². The second-order valence-corrected chi connectivity index (χ2v) is 14.9. The zero-order chi connectivity index (χ0) is 43.7. The van der Waals surface area contributed by atoms with Gasteiger partial charge in [0.25, 0.3) is 5.91 Å². The van der Waals surface area contributed by atoms with Crippen molar-refractivity contribution in [1.29, 1.82) is 0 Å². The third kappa shape index (κ3) is 9.33. The minimum absolute atomic E-state index is 0.162. The van der Waals surface area contributed by atoms with Gasteiger partial charge in [-0.3, -0.25) is 23.4 Å². The summed E-state index contributed by atoms with van der Waals surface area (Å²) >= 11 is 0. The topological polar surface area (TPSA) is 191 Å². The van der Waals surface area contributed by atoms with E-state index in [1.807, 2.05) is 93.7 Å². The normalized spacial score (nSPS) is 14.7. The van der Waals surface area contributed by atoms with E-state index in [0.717, 1.165) is 135 Å². The van der Waals surface area contributed by atoms with E-state index in [2.05, 4.69) is 31.5 Å². The molecule has 6 aromatic heterocycles. The molecule has 328 valence electrons. The molecule has 63 heavy (non-hydrogen) atoms. The summed E-state index contributed by atoms with van der Waals surface area (Å²) in [5.74, 6) is 1.06. The number of rotatable bonds is 11. The van der Waals surface area contributed by atoms with Gasteiger partial charge in [-0.15, -0.1) is 0 Å². The van der Waals surface area contributed by atoms with Crippen molar-refractivity contribution < 1.29 is 23.8 Å². The molecule has 0 spiro atoms. The van der Waals surface area contributed by atoms with Crippen molar-refractivity contribution in [3.05, 3.63) is 96.1 Å². The fourth-order valence-electron chi connectivity index (χ4n) is 7.98. The van der Waals surface area contributed by atoms with Gasteiger partial charge in [-0.05, 0) is 74.6 Å². The minimum atomic E-state index is -0.377. The molecule has 8 heterocycles. The molecular formula is C46H54N12O5. The second kappa shape index (κ2) is 20.1. The molecule has 5 N–H and O–H groups in total. The van der Waals surface area contributed by atoms with Crippen LogP contribution in [-0.4, -0.2) is 150 Å². The highest BCUT2D eigenvalue weighted by Crippen LogP contribution is 2.28. The maximum absolute atomic E-state index is 12.6. The molecule has 2 saturated heterocycles. The van der Waals surface area contributed by atoms with Crippen molar-refractivity contribution in [3.63, 3.8) is 0 Å². The van der Waals surface area contributed by atoms with Crippen LogP contribution in [0.2, 0.25) is 0 Å². The average Bonchev–Trinajstić information content (AvgIpc) is 3.93. The van der Waals surface area contributed by atoms with Gasteiger partial charge in [0.15, 0.2) is 11.3 Å². The number of fused-ring (bicyclic) bond motifs is 10. The van der Waals surface area contributed by atoms with E-state index in [4.69, 9.17) is 34.1 Å². The number of hydrogen-bond donors (Lipinski definition) is 4. The summed E-state index contributed by atoms with van der Waals surface area (Å²) in [5, 5.41) is 11.3. The quantitative estimate of drug-likeness (QED) is 0.131. The number of aromatic nitrogens is 6. The summed E-state index contributed by atoms with van der Waals surface area (Å²) in [5.41, 5.74) is 11.7. The maximum atomic E-state index is 12.6. The Labute approximate surface area is 364 Å². The molecule has 2 aliphatic heterocycles. The summed E-state index contributed by atoms with van der Waals surface area (Å²) in [7, 11) is 3.13. The van der Waals surface area contributed by atoms with Gasteiger partial charge in [-0.1, -0.05) is 24.3 Å². The number of esters is 1. The first-order chi connectivity index (χ1) is 31.0. The molecule has 10 rings (SSSR count). The Bertz CT molecular complexity index is 2870. The largest absolute Gasteiger partial charge is 0.462 e. The predicted molar refractivity (Wildman–Crippen MR) is 247 cm³/mol. The number of carbonyl (C=O) groups excluding carboxylic acids is 2. The molecule has 2 fully saturated rings. The van der Waals surface area contributed by atoms with E-state index in [-0.39, 0.29) is 11.9 Å². The highest BCUT2D eigenvalue weighted by Gasteiger charge is 2.21. The zero-order valence-electron chi connectivity index (χ0n) is 36.0. The summed E-state index contributed by atoms with van der Waals surface area (Å²) in [6.07, 6.45) is 0. The molecule has 0 radical (unpaired) electrons. The standard InChI is InChI=1S/C23H25N5O3.C22H24N6O2.CH5N/c1-2-31-23(29)17-15-16-7-8-20(24-9-10-27-11-13-30-14-12-27)26-21(16)28-19-6-4-3-5-18(19)25-22(17)28;1-23-22(29)16-14-15-6-7-19(24-8-9-27-10-12-30-13-11-27)26-20(15)28-18-5-3-2-4-17(18)25-21(16)28;1-2/h3-8,15H,2,9-14H2,1H3,(H,24,26);2-7,14H,8-13H2,1H3,(H,23,29)(H,24,26);2H2,1H3. The van der Waals surface area contributed by atoms with Crippen LogP contribution in [0.3, 0.4) is 0 Å². The van der Waals surface area contributed by atoms with E-state index in [9.17, 15) is 9.59 Å². The van der Waals surface area contributed by atoms with Crippen LogP contribution in [0.5, 0.6) is 0 Å². The number of pyridine rings is 4. The molecule has 17 nitrogen and oxygen atoms in total. The first-order valence-corrected chi connectivity index (χ1v) is 21.5. The lowest BCUT2D eigenvalue weighted by Gasteiger charge is -2.26. The number of imidazole rings is 2. The molecule has 2 aliphatic rings. The molecule has 0 atom stereocenters. The Morgan fingerprint density at radius 2 is 1.10 bits per heavy atom. The van der Waals surface area contributed by atoms with Crippen molar-refractivity contribution in [2.24, 2.45) is 5.73 Å². The Morgan fingerprint density at radius 3 is 1.57 bits per heavy atom. The van der Waals surface area contributed by atoms with Crippen LogP contribution >= 0.6 is 0 Å². The third-order valence-electron chi connectivity index (χ3n) is 11.1. The SMILES string of the molecule is CCOC(=O)c1cc2ccc(NCCN3CCOCC3)nc2n2c1nc1ccccc12.CN.CNC(=O)c1cc2ccc(NCCN3CCOCC3)nc2n2c1nc1ccccc12. The van der Waals surface area contributed by atoms with Crippen LogP contribution in [0.4, 0.5) is 11.6 Å². The number of ether oxygens (including phenoxy) is 3. The Balaban J connectivity index is 0.000000166. The van der Waals surface area contributed by atoms with Crippen molar-refractivity contribution in [3.8, 4) is 0 Å². The monoisotopic (exact) mass is 854 g/mol. The highest BCUT2D eigenvalue weighted by molar-refractivity contribution is 6.06. The summed E-state index contributed by atoms with van der Waals surface area (Å²) in [6, 6.07) is 27.3. The molecule has 17 heteroatoms. The van der Waals surface area contributed by atoms with Crippen molar-refractivity contribution >= 4 is 78.9 Å². The van der Waals surface area contributed by atoms with Gasteiger partial charge < -0.3 is 35.9 Å². The first-order valence-electron chi connectivity index (χ1n) is 21.5. The molecular weight excluding hydrogens is 801 g/mol. The number of hydrogen-bond acceptors (Lipinski definition) is 14. The smallest absolute Gasteiger partial charge is 0.341 e. The lowest BCUT2D eigenvalue weighted by atomic mass is 10.2. The minimum Gasteiger partial charge on any atom is -0.462 e. The van der Waals surface area contributed by atoms with Gasteiger partial charge >= 0.3 is 5.97 Å². The Morgan fingerprint density at radius 1 is 0.635 bits per heavy atom. The van der Waals surface area contributed by atoms with Gasteiger partial charge in [0, 0.05) is 70.2 Å². The van der Waals surface area contributed by atoms with E-state index >= 15 is 0 Å². The van der Waals surface area contributed by atoms with Crippen molar-refractivity contribution in [1.82, 2.24) is 43.9 Å². The number of nitrogens with zero attached hydrogens (tertiary/aromatic N) is 8. The average molecular weight is 855 g/mol. The van der Waals surface area contributed by atoms with Crippen LogP contribution in [0.15, 0.2) is 84.9 Å². The number of carbonyl (C=O) groups is 2. The van der Waals surface area contributed by atoms with E-state index in [0.29, 0.717) is 29.0 Å².